The average Bonchev–Trinajstić information content (AvgIpc) is 2.80. The number of H-pyrrole nitrogens is 1. The number of nitrogens with zero attached hydrogens (tertiary/aromatic N) is 1. The normalized spacial score (nSPS) is 18.2. The van der Waals surface area contributed by atoms with Crippen LogP contribution in [0.5, 0.6) is 0 Å². The van der Waals surface area contributed by atoms with Crippen LogP contribution in [-0.4, -0.2) is 35.3 Å². The predicted molar refractivity (Wildman–Crippen MR) is 64.4 cm³/mol. The molecule has 0 unspecified atom stereocenters. The Kier molecular flexibility index (Phi) is 3.78. The molecule has 0 aromatic carbocycles. The van der Waals surface area contributed by atoms with Gasteiger partial charge in [-0.15, -0.1) is 0 Å². The van der Waals surface area contributed by atoms with Crippen molar-refractivity contribution in [1.29, 1.82) is 0 Å². The Hall–Kier alpha value is -1.09. The van der Waals surface area contributed by atoms with E-state index in [4.69, 9.17) is 0 Å². The summed E-state index contributed by atoms with van der Waals surface area (Å²) in [6.45, 7) is 1.07. The van der Waals surface area contributed by atoms with E-state index in [0.717, 1.165) is 38.6 Å². The maximum absolute atomic E-state index is 11.2. The minimum atomic E-state index is 0.439. The summed E-state index contributed by atoms with van der Waals surface area (Å²) in [5.41, 5.74) is 1.29. The highest BCUT2D eigenvalue weighted by atomic mass is 16.1. The Morgan fingerprint density at radius 2 is 2.19 bits per heavy atom. The van der Waals surface area contributed by atoms with Gasteiger partial charge in [-0.05, 0) is 32.0 Å². The number of aromatic nitrogens is 1. The molecule has 0 atom stereocenters. The zero-order valence-corrected chi connectivity index (χ0v) is 9.91. The number of ketones is 1. The highest BCUT2D eigenvalue weighted by Crippen LogP contribution is 2.19. The molecule has 88 valence electrons. The molecule has 0 amide bonds. The molecule has 1 saturated carbocycles. The van der Waals surface area contributed by atoms with Crippen molar-refractivity contribution in [2.45, 2.75) is 38.1 Å². The number of carbonyl (C=O) groups is 1. The Bertz CT molecular complexity index is 322. The Morgan fingerprint density at radius 3 is 2.81 bits per heavy atom. The third kappa shape index (κ3) is 2.95. The van der Waals surface area contributed by atoms with Crippen LogP contribution in [0, 0.1) is 0 Å². The van der Waals surface area contributed by atoms with E-state index < -0.39 is 0 Å². The smallest absolute Gasteiger partial charge is 0.133 e. The highest BCUT2D eigenvalue weighted by Gasteiger charge is 2.21. The van der Waals surface area contributed by atoms with Crippen LogP contribution in [0.3, 0.4) is 0 Å². The Balaban J connectivity index is 1.75. The van der Waals surface area contributed by atoms with Gasteiger partial charge in [-0.25, -0.2) is 0 Å². The average molecular weight is 220 g/mol. The van der Waals surface area contributed by atoms with Crippen molar-refractivity contribution in [3.05, 3.63) is 24.0 Å². The van der Waals surface area contributed by atoms with Gasteiger partial charge in [0.15, 0.2) is 0 Å². The Morgan fingerprint density at radius 1 is 1.44 bits per heavy atom. The third-order valence-electron chi connectivity index (χ3n) is 3.53. The van der Waals surface area contributed by atoms with Crippen LogP contribution in [0.4, 0.5) is 0 Å². The van der Waals surface area contributed by atoms with Gasteiger partial charge in [-0.3, -0.25) is 4.79 Å². The zero-order valence-electron chi connectivity index (χ0n) is 9.91. The molecule has 16 heavy (non-hydrogen) atoms. The summed E-state index contributed by atoms with van der Waals surface area (Å²) < 4.78 is 0. The van der Waals surface area contributed by atoms with Gasteiger partial charge >= 0.3 is 0 Å². The van der Waals surface area contributed by atoms with Crippen LogP contribution in [0.1, 0.15) is 31.4 Å². The van der Waals surface area contributed by atoms with Gasteiger partial charge in [0.05, 0.1) is 0 Å². The molecule has 1 aliphatic rings. The Labute approximate surface area is 96.8 Å². The summed E-state index contributed by atoms with van der Waals surface area (Å²) >= 11 is 0. The lowest BCUT2D eigenvalue weighted by molar-refractivity contribution is -0.121. The first-order chi connectivity index (χ1) is 7.75. The molecular weight excluding hydrogens is 200 g/mol. The minimum absolute atomic E-state index is 0.439. The fourth-order valence-corrected chi connectivity index (χ4v) is 2.37. The lowest BCUT2D eigenvalue weighted by Crippen LogP contribution is -2.36. The fourth-order valence-electron chi connectivity index (χ4n) is 2.37. The van der Waals surface area contributed by atoms with Gasteiger partial charge < -0.3 is 9.88 Å². The molecule has 0 radical (unpaired) electrons. The van der Waals surface area contributed by atoms with Gasteiger partial charge in [0.2, 0.25) is 0 Å². The number of aromatic amines is 1. The first kappa shape index (κ1) is 11.4. The molecule has 0 saturated heterocycles. The first-order valence-corrected chi connectivity index (χ1v) is 6.10. The zero-order chi connectivity index (χ0) is 11.4. The quantitative estimate of drug-likeness (QED) is 0.842. The largest absolute Gasteiger partial charge is 0.365 e. The topological polar surface area (TPSA) is 36.1 Å². The monoisotopic (exact) mass is 220 g/mol. The van der Waals surface area contributed by atoms with Crippen molar-refractivity contribution >= 4 is 5.78 Å². The molecule has 3 nitrogen and oxygen atoms in total. The van der Waals surface area contributed by atoms with Gasteiger partial charge in [-0.1, -0.05) is 0 Å². The molecule has 1 aromatic rings. The minimum Gasteiger partial charge on any atom is -0.365 e. The molecule has 0 spiro atoms. The number of carbonyl (C=O) groups excluding carboxylic acids is 1. The second-order valence-electron chi connectivity index (χ2n) is 4.70. The van der Waals surface area contributed by atoms with Crippen LogP contribution < -0.4 is 0 Å². The molecule has 1 aromatic heterocycles. The molecule has 1 heterocycles. The first-order valence-electron chi connectivity index (χ1n) is 6.10. The molecule has 0 bridgehead atoms. The van der Waals surface area contributed by atoms with Crippen LogP contribution in [0.15, 0.2) is 18.3 Å². The summed E-state index contributed by atoms with van der Waals surface area (Å²) in [7, 11) is 2.17. The molecule has 3 heteroatoms. The third-order valence-corrected chi connectivity index (χ3v) is 3.53. The fraction of sp³-hybridized carbons (Fsp3) is 0.615. The summed E-state index contributed by atoms with van der Waals surface area (Å²) in [5.74, 6) is 0.439. The van der Waals surface area contributed by atoms with Crippen molar-refractivity contribution in [3.63, 3.8) is 0 Å². The van der Waals surface area contributed by atoms with E-state index in [9.17, 15) is 4.79 Å². The molecule has 0 aliphatic heterocycles. The lowest BCUT2D eigenvalue weighted by Gasteiger charge is -2.30. The highest BCUT2D eigenvalue weighted by molar-refractivity contribution is 5.79. The van der Waals surface area contributed by atoms with Crippen LogP contribution in [-0.2, 0) is 11.2 Å². The number of likely N-dealkylation sites (N-methyl/N-ethyl adjacent to an activating group) is 1. The number of Topliss-reactive ketones (excluding diaryl/α,β-unsaturated/α-hetero) is 1. The van der Waals surface area contributed by atoms with Gasteiger partial charge in [0, 0.05) is 43.7 Å². The molecular formula is C13H20N2O. The molecule has 2 rings (SSSR count). The van der Waals surface area contributed by atoms with Crippen molar-refractivity contribution in [3.8, 4) is 0 Å². The van der Waals surface area contributed by atoms with Gasteiger partial charge in [0.25, 0.3) is 0 Å². The molecule has 1 fully saturated rings. The maximum Gasteiger partial charge on any atom is 0.133 e. The van der Waals surface area contributed by atoms with Crippen LogP contribution in [0.25, 0.3) is 0 Å². The maximum atomic E-state index is 11.2. The molecule has 1 N–H and O–H groups in total. The van der Waals surface area contributed by atoms with E-state index in [1.165, 1.54) is 5.69 Å². The van der Waals surface area contributed by atoms with Crippen molar-refractivity contribution in [1.82, 2.24) is 9.88 Å². The van der Waals surface area contributed by atoms with Crippen molar-refractivity contribution < 1.29 is 4.79 Å². The van der Waals surface area contributed by atoms with E-state index in [1.807, 2.05) is 12.3 Å². The SMILES string of the molecule is CN(CCc1ccc[nH]1)C1CCC(=O)CC1. The summed E-state index contributed by atoms with van der Waals surface area (Å²) in [5, 5.41) is 0. The van der Waals surface area contributed by atoms with E-state index in [1.54, 1.807) is 0 Å². The van der Waals surface area contributed by atoms with Crippen LogP contribution in [0.2, 0.25) is 0 Å². The second kappa shape index (κ2) is 5.30. The number of nitrogens with one attached hydrogen (secondary N) is 1. The van der Waals surface area contributed by atoms with Gasteiger partial charge in [0.1, 0.15) is 5.78 Å². The van der Waals surface area contributed by atoms with E-state index in [-0.39, 0.29) is 0 Å². The lowest BCUT2D eigenvalue weighted by atomic mass is 9.93. The van der Waals surface area contributed by atoms with E-state index >= 15 is 0 Å². The van der Waals surface area contributed by atoms with E-state index in [0.29, 0.717) is 11.8 Å². The summed E-state index contributed by atoms with van der Waals surface area (Å²) in [4.78, 5) is 16.8. The summed E-state index contributed by atoms with van der Waals surface area (Å²) in [6.07, 6.45) is 6.66. The number of hydrogen-bond acceptors (Lipinski definition) is 2. The van der Waals surface area contributed by atoms with Crippen LogP contribution >= 0.6 is 0 Å². The number of hydrogen-bond donors (Lipinski definition) is 1. The van der Waals surface area contributed by atoms with E-state index in [2.05, 4.69) is 23.0 Å². The standard InChI is InChI=1S/C13H20N2O/c1-15(10-8-11-3-2-9-14-11)12-4-6-13(16)7-5-12/h2-3,9,12,14H,4-8,10H2,1H3. The van der Waals surface area contributed by atoms with Crippen molar-refractivity contribution in [2.75, 3.05) is 13.6 Å². The van der Waals surface area contributed by atoms with Gasteiger partial charge in [-0.2, -0.15) is 0 Å². The van der Waals surface area contributed by atoms with Crippen molar-refractivity contribution in [2.24, 2.45) is 0 Å². The summed E-state index contributed by atoms with van der Waals surface area (Å²) in [6, 6.07) is 4.76. The molecule has 1 aliphatic carbocycles. The predicted octanol–water partition coefficient (Wildman–Crippen LogP) is 2.00. The number of rotatable bonds is 4. The second-order valence-corrected chi connectivity index (χ2v) is 4.70.